The Morgan fingerprint density at radius 1 is 0.559 bits per heavy atom. The number of rotatable bonds is 11. The molecule has 9 aromatic rings. The minimum absolute atomic E-state index is 0. The van der Waals surface area contributed by atoms with E-state index in [1.54, 1.807) is 0 Å². The number of hydrogen-bond donors (Lipinski definition) is 0. The third-order valence-electron chi connectivity index (χ3n) is 13.0. The summed E-state index contributed by atoms with van der Waals surface area (Å²) in [6.45, 7) is 19.7. The van der Waals surface area contributed by atoms with Crippen molar-refractivity contribution in [3.63, 3.8) is 0 Å². The van der Waals surface area contributed by atoms with Crippen molar-refractivity contribution in [2.75, 3.05) is 9.80 Å². The fourth-order valence-corrected chi connectivity index (χ4v) is 9.53. The van der Waals surface area contributed by atoms with Crippen LogP contribution < -0.4 is 14.5 Å². The Kier molecular flexibility index (Phi) is 12.9. The summed E-state index contributed by atoms with van der Waals surface area (Å²) in [4.78, 5) is 9.24. The molecule has 0 spiro atoms. The normalized spacial score (nSPS) is 12.6. The maximum atomic E-state index is 15.5. The molecular formula is C60H53F2N4OPt-3. The van der Waals surface area contributed by atoms with Gasteiger partial charge >= 0.3 is 0 Å². The fourth-order valence-electron chi connectivity index (χ4n) is 9.53. The molecule has 10 rings (SSSR count). The Balaban J connectivity index is 0.00000578. The van der Waals surface area contributed by atoms with E-state index in [1.165, 1.54) is 23.3 Å². The molecule has 3 heterocycles. The van der Waals surface area contributed by atoms with Gasteiger partial charge in [-0.1, -0.05) is 116 Å². The van der Waals surface area contributed by atoms with E-state index in [-0.39, 0.29) is 44.7 Å². The average Bonchev–Trinajstić information content (AvgIpc) is 3.86. The van der Waals surface area contributed by atoms with Crippen molar-refractivity contribution in [1.29, 1.82) is 0 Å². The Morgan fingerprint density at radius 2 is 1.26 bits per heavy atom. The first-order valence-corrected chi connectivity index (χ1v) is 23.3. The van der Waals surface area contributed by atoms with Crippen LogP contribution in [-0.4, -0.2) is 9.55 Å². The minimum atomic E-state index is -0.596. The molecule has 5 nitrogen and oxygen atoms in total. The number of hydrogen-bond acceptors (Lipinski definition) is 4. The molecule has 1 aliphatic heterocycles. The number of nitrogens with zero attached hydrogens (tertiary/aromatic N) is 4. The topological polar surface area (TPSA) is 33.5 Å². The third-order valence-corrected chi connectivity index (χ3v) is 13.0. The van der Waals surface area contributed by atoms with Gasteiger partial charge < -0.3 is 19.1 Å². The molecule has 0 unspecified atom stereocenters. The Morgan fingerprint density at radius 3 is 1.97 bits per heavy atom. The van der Waals surface area contributed by atoms with Gasteiger partial charge in [0.2, 0.25) is 0 Å². The van der Waals surface area contributed by atoms with Crippen LogP contribution in [-0.2, 0) is 21.1 Å². The zero-order chi connectivity index (χ0) is 46.7. The maximum absolute atomic E-state index is 15.5. The summed E-state index contributed by atoms with van der Waals surface area (Å²) >= 11 is 0. The summed E-state index contributed by atoms with van der Waals surface area (Å²) in [6, 6.07) is 53.2. The van der Waals surface area contributed by atoms with Gasteiger partial charge in [-0.3, -0.25) is 0 Å². The van der Waals surface area contributed by atoms with Gasteiger partial charge in [0.25, 0.3) is 0 Å². The number of fused-ring (bicyclic) bond motifs is 4. The summed E-state index contributed by atoms with van der Waals surface area (Å²) < 4.78 is 38.7. The summed E-state index contributed by atoms with van der Waals surface area (Å²) in [7, 11) is 0. The van der Waals surface area contributed by atoms with Crippen LogP contribution in [0.3, 0.4) is 0 Å². The van der Waals surface area contributed by atoms with E-state index < -0.39 is 11.6 Å². The number of para-hydroxylation sites is 1. The van der Waals surface area contributed by atoms with Crippen molar-refractivity contribution in [1.82, 2.24) is 9.55 Å². The molecule has 8 heteroatoms. The molecule has 0 fully saturated rings. The van der Waals surface area contributed by atoms with E-state index >= 15 is 4.39 Å². The molecule has 0 amide bonds. The van der Waals surface area contributed by atoms with Crippen LogP contribution in [0.25, 0.3) is 49.9 Å². The van der Waals surface area contributed by atoms with Crippen molar-refractivity contribution < 1.29 is 34.6 Å². The van der Waals surface area contributed by atoms with Crippen molar-refractivity contribution >= 4 is 44.6 Å². The fraction of sp³-hybridized carbons (Fsp3) is 0.200. The second-order valence-corrected chi connectivity index (χ2v) is 18.8. The Bertz CT molecular complexity index is 3290. The molecule has 7 aromatic carbocycles. The van der Waals surface area contributed by atoms with Crippen LogP contribution in [0, 0.1) is 30.4 Å². The standard InChI is InChI=1S/C60H53F2N4O.Pt/c1-36(2)40-20-25-56-58(31-40)65(60-52(38(5)6)29-42(30-53(60)39(7)8)49-23-21-43(61)32-54(49)62)35-64(56)44-27-41(48-16-10-9-15-47(48)37(3)4)28-46(33-44)67-45-22-24-51-50-17-11-12-18-55(50)66(57(51)34-45)59-19-13-14-26-63-59;/h9-32,35-39H,1-8H3;/q-3;. The van der Waals surface area contributed by atoms with Gasteiger partial charge in [0.1, 0.15) is 17.5 Å². The zero-order valence-corrected chi connectivity index (χ0v) is 41.8. The molecule has 0 bridgehead atoms. The third kappa shape index (κ3) is 8.51. The van der Waals surface area contributed by atoms with Crippen molar-refractivity contribution in [3.8, 4) is 39.6 Å². The van der Waals surface area contributed by atoms with Crippen molar-refractivity contribution in [2.45, 2.75) is 79.1 Å². The Labute approximate surface area is 413 Å². The molecule has 346 valence electrons. The van der Waals surface area contributed by atoms with E-state index in [0.29, 0.717) is 17.1 Å². The SMILES string of the molecule is CC(C)c1ccc2c(c1)N(c1c(C(C)C)cc(-c3ccc(F)cc3F)cc1C(C)C)[CH-]N2c1[c-]c(Oc2[c-]c3c(cc2)c2ccccc2n3-c2ccccn2)cc(-c2ccccc2C(C)C)c1.[Pt]. The monoisotopic (exact) mass is 1080 g/mol. The van der Waals surface area contributed by atoms with Gasteiger partial charge in [-0.2, -0.15) is 6.07 Å². The summed E-state index contributed by atoms with van der Waals surface area (Å²) in [5, 5.41) is 2.17. The van der Waals surface area contributed by atoms with Gasteiger partial charge in [0.15, 0.2) is 0 Å². The second-order valence-electron chi connectivity index (χ2n) is 18.8. The van der Waals surface area contributed by atoms with E-state index in [9.17, 15) is 4.39 Å². The number of aromatic nitrogens is 2. The number of pyridine rings is 1. The van der Waals surface area contributed by atoms with Crippen LogP contribution in [0.1, 0.15) is 101 Å². The molecule has 0 saturated carbocycles. The molecule has 0 radical (unpaired) electrons. The number of halogens is 2. The van der Waals surface area contributed by atoms with Crippen molar-refractivity contribution in [2.24, 2.45) is 0 Å². The van der Waals surface area contributed by atoms with Crippen LogP contribution in [0.5, 0.6) is 11.5 Å². The minimum Gasteiger partial charge on any atom is -0.509 e. The zero-order valence-electron chi connectivity index (χ0n) is 39.5. The summed E-state index contributed by atoms with van der Waals surface area (Å²) in [6.07, 6.45) is 1.81. The average molecular weight is 1080 g/mol. The molecule has 2 aromatic heterocycles. The number of anilines is 4. The van der Waals surface area contributed by atoms with Crippen LogP contribution >= 0.6 is 0 Å². The molecule has 68 heavy (non-hydrogen) atoms. The molecule has 1 aliphatic rings. The second kappa shape index (κ2) is 18.8. The van der Waals surface area contributed by atoms with Gasteiger partial charge in [-0.15, -0.1) is 53.6 Å². The Hall–Kier alpha value is -6.56. The molecule has 0 saturated heterocycles. The maximum Gasteiger partial charge on any atom is 0.135 e. The van der Waals surface area contributed by atoms with Crippen LogP contribution in [0.4, 0.5) is 31.5 Å². The van der Waals surface area contributed by atoms with Gasteiger partial charge in [0.05, 0.1) is 0 Å². The molecular weight excluding hydrogens is 1030 g/mol. The molecule has 0 aliphatic carbocycles. The van der Waals surface area contributed by atoms with Gasteiger partial charge in [-0.25, -0.2) is 13.8 Å². The smallest absolute Gasteiger partial charge is 0.135 e. The first-order valence-electron chi connectivity index (χ1n) is 23.3. The van der Waals surface area contributed by atoms with Crippen molar-refractivity contribution in [3.05, 3.63) is 198 Å². The van der Waals surface area contributed by atoms with E-state index in [4.69, 9.17) is 9.72 Å². The first kappa shape index (κ1) is 46.5. The van der Waals surface area contributed by atoms with E-state index in [2.05, 4.69) is 180 Å². The molecule has 0 N–H and O–H groups in total. The predicted molar refractivity (Wildman–Crippen MR) is 271 cm³/mol. The largest absolute Gasteiger partial charge is 0.509 e. The van der Waals surface area contributed by atoms with Crippen LogP contribution in [0.15, 0.2) is 146 Å². The predicted octanol–water partition coefficient (Wildman–Crippen LogP) is 17.1. The summed E-state index contributed by atoms with van der Waals surface area (Å²) in [5.74, 6) is 1.43. The first-order chi connectivity index (χ1) is 32.3. The van der Waals surface area contributed by atoms with E-state index in [0.717, 1.165) is 84.3 Å². The van der Waals surface area contributed by atoms with Gasteiger partial charge in [0, 0.05) is 73.0 Å². The summed E-state index contributed by atoms with van der Waals surface area (Å²) in [5.41, 5.74) is 13.6. The number of ether oxygens (including phenoxy) is 1. The van der Waals surface area contributed by atoms with E-state index in [1.807, 2.05) is 36.5 Å². The molecule has 0 atom stereocenters. The van der Waals surface area contributed by atoms with Crippen LogP contribution in [0.2, 0.25) is 0 Å². The quantitative estimate of drug-likeness (QED) is 0.121. The van der Waals surface area contributed by atoms with Gasteiger partial charge in [-0.05, 0) is 117 Å². The number of benzene rings is 7.